The maximum absolute atomic E-state index is 11.3. The molecule has 1 atom stereocenters. The number of carboxylic acids is 1. The van der Waals surface area contributed by atoms with Crippen LogP contribution >= 0.6 is 0 Å². The van der Waals surface area contributed by atoms with Crippen molar-refractivity contribution in [3.63, 3.8) is 0 Å². The molecule has 14 heavy (non-hydrogen) atoms. The lowest BCUT2D eigenvalue weighted by atomic mass is 9.98. The van der Waals surface area contributed by atoms with Gasteiger partial charge in [-0.15, -0.1) is 0 Å². The molecule has 0 saturated carbocycles. The predicted octanol–water partition coefficient (Wildman–Crippen LogP) is 0.425. The summed E-state index contributed by atoms with van der Waals surface area (Å²) < 4.78 is 24.9. The van der Waals surface area contributed by atoms with E-state index in [0.29, 0.717) is 0 Å². The highest BCUT2D eigenvalue weighted by molar-refractivity contribution is 7.90. The van der Waals surface area contributed by atoms with Gasteiger partial charge in [-0.3, -0.25) is 4.79 Å². The minimum Gasteiger partial charge on any atom is -0.480 e. The number of hydrogen-bond acceptors (Lipinski definition) is 3. The van der Waals surface area contributed by atoms with Crippen LogP contribution in [0.15, 0.2) is 0 Å². The smallest absolute Gasteiger partial charge is 0.323 e. The Balaban J connectivity index is 4.45. The van der Waals surface area contributed by atoms with Gasteiger partial charge >= 0.3 is 5.97 Å². The molecule has 5 nitrogen and oxygen atoms in total. The summed E-state index contributed by atoms with van der Waals surface area (Å²) in [7, 11) is -3.74. The van der Waals surface area contributed by atoms with Gasteiger partial charge in [0.15, 0.2) is 5.25 Å². The lowest BCUT2D eigenvalue weighted by molar-refractivity contribution is -0.136. The Morgan fingerprint density at radius 2 is 1.86 bits per heavy atom. The number of carboxylic acid groups (broad SMARTS) is 1. The van der Waals surface area contributed by atoms with Crippen LogP contribution in [0.25, 0.3) is 0 Å². The van der Waals surface area contributed by atoms with Crippen LogP contribution in [0.3, 0.4) is 0 Å². The number of nitrogens with one attached hydrogen (secondary N) is 1. The van der Waals surface area contributed by atoms with Crippen LogP contribution in [0, 0.1) is 5.41 Å². The molecule has 0 saturated heterocycles. The van der Waals surface area contributed by atoms with Crippen LogP contribution in [0.2, 0.25) is 0 Å². The van der Waals surface area contributed by atoms with Crippen molar-refractivity contribution < 1.29 is 18.3 Å². The molecule has 6 heteroatoms. The van der Waals surface area contributed by atoms with E-state index in [1.54, 1.807) is 0 Å². The largest absolute Gasteiger partial charge is 0.480 e. The third-order valence-electron chi connectivity index (χ3n) is 1.62. The highest BCUT2D eigenvalue weighted by Gasteiger charge is 2.28. The van der Waals surface area contributed by atoms with E-state index >= 15 is 0 Å². The number of carbonyl (C=O) groups is 1. The average Bonchev–Trinajstić information content (AvgIpc) is 1.98. The zero-order valence-electron chi connectivity index (χ0n) is 8.86. The third kappa shape index (κ3) is 4.57. The van der Waals surface area contributed by atoms with Crippen molar-refractivity contribution in [2.45, 2.75) is 32.9 Å². The molecule has 0 spiro atoms. The quantitative estimate of drug-likeness (QED) is 0.723. The zero-order chi connectivity index (χ0) is 11.6. The van der Waals surface area contributed by atoms with Gasteiger partial charge in [-0.2, -0.15) is 0 Å². The van der Waals surface area contributed by atoms with Crippen molar-refractivity contribution in [1.82, 2.24) is 4.72 Å². The van der Waals surface area contributed by atoms with Gasteiger partial charge in [-0.25, -0.2) is 13.1 Å². The third-order valence-corrected chi connectivity index (χ3v) is 3.30. The lowest BCUT2D eigenvalue weighted by Gasteiger charge is -2.19. The minimum atomic E-state index is -3.74. The van der Waals surface area contributed by atoms with Crippen molar-refractivity contribution in [1.29, 1.82) is 0 Å². The van der Waals surface area contributed by atoms with Gasteiger partial charge in [0, 0.05) is 6.54 Å². The molecule has 0 radical (unpaired) electrons. The predicted molar refractivity (Wildman–Crippen MR) is 53.5 cm³/mol. The Morgan fingerprint density at radius 1 is 1.43 bits per heavy atom. The van der Waals surface area contributed by atoms with E-state index in [9.17, 15) is 13.2 Å². The Hall–Kier alpha value is -0.620. The monoisotopic (exact) mass is 223 g/mol. The van der Waals surface area contributed by atoms with Crippen molar-refractivity contribution in [3.8, 4) is 0 Å². The summed E-state index contributed by atoms with van der Waals surface area (Å²) in [5, 5.41) is 7.12. The standard InChI is InChI=1S/C8H17NO4S/c1-6(7(10)11)14(12,13)9-5-8(2,3)4/h6,9H,5H2,1-4H3,(H,10,11). The van der Waals surface area contributed by atoms with Crippen molar-refractivity contribution >= 4 is 16.0 Å². The number of aliphatic carboxylic acids is 1. The van der Waals surface area contributed by atoms with E-state index in [-0.39, 0.29) is 12.0 Å². The molecule has 0 fully saturated rings. The van der Waals surface area contributed by atoms with E-state index in [0.717, 1.165) is 6.92 Å². The van der Waals surface area contributed by atoms with Crippen molar-refractivity contribution in [3.05, 3.63) is 0 Å². The Morgan fingerprint density at radius 3 is 2.14 bits per heavy atom. The molecule has 2 N–H and O–H groups in total. The minimum absolute atomic E-state index is 0.203. The van der Waals surface area contributed by atoms with Crippen LogP contribution in [0.5, 0.6) is 0 Å². The maximum atomic E-state index is 11.3. The SMILES string of the molecule is CC(C(=O)O)S(=O)(=O)NCC(C)(C)C. The lowest BCUT2D eigenvalue weighted by Crippen LogP contribution is -2.41. The molecular weight excluding hydrogens is 206 g/mol. The molecule has 0 rings (SSSR count). The molecule has 0 aromatic rings. The summed E-state index contributed by atoms with van der Waals surface area (Å²) >= 11 is 0. The van der Waals surface area contributed by atoms with E-state index in [1.807, 2.05) is 20.8 Å². The van der Waals surface area contributed by atoms with Gasteiger partial charge in [0.25, 0.3) is 0 Å². The van der Waals surface area contributed by atoms with Crippen molar-refractivity contribution in [2.75, 3.05) is 6.54 Å². The second-order valence-corrected chi connectivity index (χ2v) is 6.49. The second kappa shape index (κ2) is 4.27. The first-order chi connectivity index (χ1) is 6.06. The zero-order valence-corrected chi connectivity index (χ0v) is 9.68. The number of sulfonamides is 1. The van der Waals surface area contributed by atoms with Crippen LogP contribution in [-0.2, 0) is 14.8 Å². The van der Waals surface area contributed by atoms with E-state index in [1.165, 1.54) is 0 Å². The van der Waals surface area contributed by atoms with Crippen LogP contribution < -0.4 is 4.72 Å². The second-order valence-electron chi connectivity index (χ2n) is 4.41. The Labute approximate surface area is 84.6 Å². The first kappa shape index (κ1) is 13.4. The summed E-state index contributed by atoms with van der Waals surface area (Å²) in [5.74, 6) is -1.34. The van der Waals surface area contributed by atoms with Crippen LogP contribution in [0.1, 0.15) is 27.7 Å². The van der Waals surface area contributed by atoms with Gasteiger partial charge in [-0.05, 0) is 12.3 Å². The summed E-state index contributed by atoms with van der Waals surface area (Å²) in [5.41, 5.74) is -0.203. The van der Waals surface area contributed by atoms with Gasteiger partial charge in [0.05, 0.1) is 0 Å². The summed E-state index contributed by atoms with van der Waals surface area (Å²) in [6.07, 6.45) is 0. The van der Waals surface area contributed by atoms with E-state index < -0.39 is 21.2 Å². The molecule has 0 aliphatic rings. The molecule has 1 unspecified atom stereocenters. The molecule has 84 valence electrons. The summed E-state index contributed by atoms with van der Waals surface area (Å²) in [4.78, 5) is 10.5. The number of rotatable bonds is 4. The Kier molecular flexibility index (Phi) is 4.08. The topological polar surface area (TPSA) is 83.5 Å². The Bertz CT molecular complexity index is 302. The van der Waals surface area contributed by atoms with Gasteiger partial charge < -0.3 is 5.11 Å². The molecule has 0 aromatic heterocycles. The molecular formula is C8H17NO4S. The fraction of sp³-hybridized carbons (Fsp3) is 0.875. The summed E-state index contributed by atoms with van der Waals surface area (Å²) in [6.45, 7) is 6.96. The highest BCUT2D eigenvalue weighted by atomic mass is 32.2. The highest BCUT2D eigenvalue weighted by Crippen LogP contribution is 2.11. The van der Waals surface area contributed by atoms with Gasteiger partial charge in [0.1, 0.15) is 0 Å². The van der Waals surface area contributed by atoms with Crippen molar-refractivity contribution in [2.24, 2.45) is 5.41 Å². The van der Waals surface area contributed by atoms with Gasteiger partial charge in [-0.1, -0.05) is 20.8 Å². The molecule has 0 aliphatic heterocycles. The van der Waals surface area contributed by atoms with E-state index in [4.69, 9.17) is 5.11 Å². The fourth-order valence-electron chi connectivity index (χ4n) is 0.575. The number of hydrogen-bond donors (Lipinski definition) is 2. The molecule has 0 heterocycles. The molecule has 0 aliphatic carbocycles. The van der Waals surface area contributed by atoms with Crippen LogP contribution in [0.4, 0.5) is 0 Å². The normalized spacial score (nSPS) is 15.1. The molecule has 0 amide bonds. The summed E-state index contributed by atoms with van der Waals surface area (Å²) in [6, 6.07) is 0. The van der Waals surface area contributed by atoms with E-state index in [2.05, 4.69) is 4.72 Å². The fourth-order valence-corrected chi connectivity index (χ4v) is 1.72. The maximum Gasteiger partial charge on any atom is 0.323 e. The first-order valence-electron chi connectivity index (χ1n) is 4.27. The molecule has 0 aromatic carbocycles. The van der Waals surface area contributed by atoms with Crippen LogP contribution in [-0.4, -0.2) is 31.3 Å². The first-order valence-corrected chi connectivity index (χ1v) is 5.82. The average molecular weight is 223 g/mol. The molecule has 0 bridgehead atoms. The van der Waals surface area contributed by atoms with Gasteiger partial charge in [0.2, 0.25) is 10.0 Å².